The molecule has 1 aromatic rings. The number of carbonyl (C=O) groups is 1. The highest BCUT2D eigenvalue weighted by Gasteiger charge is 2.09. The summed E-state index contributed by atoms with van der Waals surface area (Å²) >= 11 is 3.43. The molecule has 0 aromatic heterocycles. The molecule has 0 spiro atoms. The van der Waals surface area contributed by atoms with Gasteiger partial charge in [-0.2, -0.15) is 0 Å². The van der Waals surface area contributed by atoms with Gasteiger partial charge in [0, 0.05) is 16.7 Å². The van der Waals surface area contributed by atoms with Gasteiger partial charge in [-0.3, -0.25) is 0 Å². The molecule has 0 heterocycles. The van der Waals surface area contributed by atoms with Crippen LogP contribution in [0.2, 0.25) is 0 Å². The lowest BCUT2D eigenvalue weighted by Gasteiger charge is -2.15. The van der Waals surface area contributed by atoms with Gasteiger partial charge in [-0.05, 0) is 43.9 Å². The first kappa shape index (κ1) is 16.0. The molecule has 2 atom stereocenters. The summed E-state index contributed by atoms with van der Waals surface area (Å²) in [6.45, 7) is 6.23. The maximum Gasteiger partial charge on any atom is 0.319 e. The molecule has 5 heteroatoms. The molecule has 4 nitrogen and oxygen atoms in total. The molecular formula is C14H21BrN2O2. The van der Waals surface area contributed by atoms with Crippen LogP contribution < -0.4 is 10.6 Å². The van der Waals surface area contributed by atoms with Crippen LogP contribution >= 0.6 is 15.9 Å². The number of aliphatic hydroxyl groups is 1. The Balaban J connectivity index is 2.45. The number of nitrogens with one attached hydrogen (secondary N) is 2. The smallest absolute Gasteiger partial charge is 0.319 e. The summed E-state index contributed by atoms with van der Waals surface area (Å²) in [5.74, 6) is 0.245. The largest absolute Gasteiger partial charge is 0.393 e. The number of anilines is 1. The summed E-state index contributed by atoms with van der Waals surface area (Å²) in [6, 6.07) is 5.45. The minimum Gasteiger partial charge on any atom is -0.393 e. The highest BCUT2D eigenvalue weighted by molar-refractivity contribution is 9.10. The molecule has 0 saturated heterocycles. The Labute approximate surface area is 122 Å². The number of aliphatic hydroxyl groups excluding tert-OH is 1. The van der Waals surface area contributed by atoms with E-state index in [1.807, 2.05) is 32.0 Å². The molecule has 2 amide bonds. The number of urea groups is 1. The van der Waals surface area contributed by atoms with Gasteiger partial charge in [-0.15, -0.1) is 0 Å². The first-order valence-corrected chi connectivity index (χ1v) is 7.17. The van der Waals surface area contributed by atoms with E-state index in [0.29, 0.717) is 13.0 Å². The number of benzene rings is 1. The maximum atomic E-state index is 11.8. The van der Waals surface area contributed by atoms with Crippen molar-refractivity contribution in [1.29, 1.82) is 0 Å². The van der Waals surface area contributed by atoms with E-state index in [1.54, 1.807) is 6.92 Å². The lowest BCUT2D eigenvalue weighted by Crippen LogP contribution is -2.33. The molecule has 106 valence electrons. The molecule has 0 radical (unpaired) electrons. The highest BCUT2D eigenvalue weighted by atomic mass is 79.9. The quantitative estimate of drug-likeness (QED) is 0.776. The SMILES string of the molecule is Cc1c(Br)cccc1NC(=O)NCC(C)CC(C)O. The minimum atomic E-state index is -0.341. The molecule has 1 rings (SSSR count). The van der Waals surface area contributed by atoms with Gasteiger partial charge < -0.3 is 15.7 Å². The molecule has 1 aromatic carbocycles. The summed E-state index contributed by atoms with van der Waals surface area (Å²) in [4.78, 5) is 11.8. The zero-order valence-corrected chi connectivity index (χ0v) is 13.1. The van der Waals surface area contributed by atoms with Gasteiger partial charge >= 0.3 is 6.03 Å². The van der Waals surface area contributed by atoms with E-state index in [4.69, 9.17) is 0 Å². The van der Waals surface area contributed by atoms with E-state index in [9.17, 15) is 9.90 Å². The van der Waals surface area contributed by atoms with Gasteiger partial charge in [0.1, 0.15) is 0 Å². The normalized spacial score (nSPS) is 13.7. The van der Waals surface area contributed by atoms with Crippen molar-refractivity contribution in [2.75, 3.05) is 11.9 Å². The number of amides is 2. The lowest BCUT2D eigenvalue weighted by atomic mass is 10.1. The van der Waals surface area contributed by atoms with Crippen molar-refractivity contribution < 1.29 is 9.90 Å². The summed E-state index contributed by atoms with van der Waals surface area (Å²) in [6.07, 6.45) is 0.336. The van der Waals surface area contributed by atoms with Crippen molar-refractivity contribution in [3.05, 3.63) is 28.2 Å². The van der Waals surface area contributed by atoms with Crippen LogP contribution in [0.4, 0.5) is 10.5 Å². The number of carbonyl (C=O) groups excluding carboxylic acids is 1. The van der Waals surface area contributed by atoms with Crippen LogP contribution in [0, 0.1) is 12.8 Å². The van der Waals surface area contributed by atoms with E-state index >= 15 is 0 Å². The first-order chi connectivity index (χ1) is 8.90. The molecule has 0 saturated carbocycles. The van der Waals surface area contributed by atoms with Crippen LogP contribution in [0.1, 0.15) is 25.8 Å². The molecule has 19 heavy (non-hydrogen) atoms. The minimum absolute atomic E-state index is 0.223. The van der Waals surface area contributed by atoms with Gasteiger partial charge in [0.2, 0.25) is 0 Å². The second-order valence-electron chi connectivity index (χ2n) is 4.94. The summed E-state index contributed by atoms with van der Waals surface area (Å²) in [5.41, 5.74) is 1.78. The van der Waals surface area contributed by atoms with Crippen LogP contribution in [0.15, 0.2) is 22.7 Å². The predicted molar refractivity (Wildman–Crippen MR) is 81.4 cm³/mol. The lowest BCUT2D eigenvalue weighted by molar-refractivity contribution is 0.163. The van der Waals surface area contributed by atoms with Crippen molar-refractivity contribution >= 4 is 27.6 Å². The second kappa shape index (κ2) is 7.50. The second-order valence-corrected chi connectivity index (χ2v) is 5.79. The zero-order valence-electron chi connectivity index (χ0n) is 11.5. The number of hydrogen-bond acceptors (Lipinski definition) is 2. The van der Waals surface area contributed by atoms with Gasteiger partial charge in [-0.1, -0.05) is 28.9 Å². The molecule has 3 N–H and O–H groups in total. The first-order valence-electron chi connectivity index (χ1n) is 6.38. The molecule has 0 aliphatic rings. The van der Waals surface area contributed by atoms with E-state index in [0.717, 1.165) is 15.7 Å². The Morgan fingerprint density at radius 2 is 2.11 bits per heavy atom. The Kier molecular flexibility index (Phi) is 6.31. The maximum absolute atomic E-state index is 11.8. The average molecular weight is 329 g/mol. The van der Waals surface area contributed by atoms with Gasteiger partial charge in [0.15, 0.2) is 0 Å². The van der Waals surface area contributed by atoms with Crippen LogP contribution in [-0.4, -0.2) is 23.8 Å². The molecule has 0 bridgehead atoms. The van der Waals surface area contributed by atoms with Crippen molar-refractivity contribution in [3.63, 3.8) is 0 Å². The van der Waals surface area contributed by atoms with E-state index in [2.05, 4.69) is 26.6 Å². The van der Waals surface area contributed by atoms with E-state index < -0.39 is 0 Å². The van der Waals surface area contributed by atoms with Crippen molar-refractivity contribution in [2.45, 2.75) is 33.3 Å². The monoisotopic (exact) mass is 328 g/mol. The highest BCUT2D eigenvalue weighted by Crippen LogP contribution is 2.23. The van der Waals surface area contributed by atoms with Crippen LogP contribution in [0.3, 0.4) is 0 Å². The Morgan fingerprint density at radius 1 is 1.42 bits per heavy atom. The average Bonchev–Trinajstić information content (AvgIpc) is 2.32. The third-order valence-corrected chi connectivity index (χ3v) is 3.73. The third kappa shape index (κ3) is 5.61. The van der Waals surface area contributed by atoms with Crippen LogP contribution in [0.5, 0.6) is 0 Å². The van der Waals surface area contributed by atoms with Crippen molar-refractivity contribution in [3.8, 4) is 0 Å². The number of halogens is 1. The Bertz CT molecular complexity index is 435. The van der Waals surface area contributed by atoms with Gasteiger partial charge in [0.25, 0.3) is 0 Å². The Hall–Kier alpha value is -1.07. The number of rotatable bonds is 5. The zero-order chi connectivity index (χ0) is 14.4. The predicted octanol–water partition coefficient (Wildman–Crippen LogP) is 3.29. The summed E-state index contributed by atoms with van der Waals surface area (Å²) < 4.78 is 0.966. The van der Waals surface area contributed by atoms with Gasteiger partial charge in [0.05, 0.1) is 6.10 Å². The molecule has 0 aliphatic carbocycles. The van der Waals surface area contributed by atoms with E-state index in [-0.39, 0.29) is 18.1 Å². The Morgan fingerprint density at radius 3 is 2.74 bits per heavy atom. The van der Waals surface area contributed by atoms with Crippen LogP contribution in [0.25, 0.3) is 0 Å². The number of hydrogen-bond donors (Lipinski definition) is 3. The summed E-state index contributed by atoms with van der Waals surface area (Å²) in [7, 11) is 0. The van der Waals surface area contributed by atoms with Crippen LogP contribution in [-0.2, 0) is 0 Å². The van der Waals surface area contributed by atoms with Gasteiger partial charge in [-0.25, -0.2) is 4.79 Å². The summed E-state index contributed by atoms with van der Waals surface area (Å²) in [5, 5.41) is 14.9. The fourth-order valence-corrected chi connectivity index (χ4v) is 2.21. The molecular weight excluding hydrogens is 308 g/mol. The molecule has 2 unspecified atom stereocenters. The standard InChI is InChI=1S/C14H21BrN2O2/c1-9(7-10(2)18)8-16-14(19)17-13-6-4-5-12(15)11(13)3/h4-6,9-10,18H,7-8H2,1-3H3,(H2,16,17,19). The fraction of sp³-hybridized carbons (Fsp3) is 0.500. The van der Waals surface area contributed by atoms with Crippen molar-refractivity contribution in [2.24, 2.45) is 5.92 Å². The molecule has 0 aliphatic heterocycles. The van der Waals surface area contributed by atoms with Crippen molar-refractivity contribution in [1.82, 2.24) is 5.32 Å². The molecule has 0 fully saturated rings. The topological polar surface area (TPSA) is 61.4 Å². The fourth-order valence-electron chi connectivity index (χ4n) is 1.84. The van der Waals surface area contributed by atoms with E-state index in [1.165, 1.54) is 0 Å². The third-order valence-electron chi connectivity index (χ3n) is 2.87.